The van der Waals surface area contributed by atoms with Gasteiger partial charge < -0.3 is 19.9 Å². The van der Waals surface area contributed by atoms with E-state index < -0.39 is 0 Å². The molecule has 0 spiro atoms. The maximum Gasteiger partial charge on any atom is 0.266 e. The number of thiazole rings is 1. The highest BCUT2D eigenvalue weighted by Gasteiger charge is 2.30. The van der Waals surface area contributed by atoms with Crippen LogP contribution in [0.2, 0.25) is 0 Å². The minimum Gasteiger partial charge on any atom is -0.497 e. The summed E-state index contributed by atoms with van der Waals surface area (Å²) in [5.74, 6) is 0.458. The monoisotopic (exact) mass is 374 g/mol. The van der Waals surface area contributed by atoms with Crippen molar-refractivity contribution in [2.24, 2.45) is 0 Å². The first-order valence-electron chi connectivity index (χ1n) is 8.48. The lowest BCUT2D eigenvalue weighted by Gasteiger charge is -2.34. The fourth-order valence-corrected chi connectivity index (χ4v) is 3.87. The van der Waals surface area contributed by atoms with E-state index in [9.17, 15) is 9.59 Å². The fourth-order valence-electron chi connectivity index (χ4n) is 2.86. The number of nitrogens with zero attached hydrogens (tertiary/aromatic N) is 3. The Morgan fingerprint density at radius 2 is 2.19 bits per heavy atom. The number of carbonyl (C=O) groups is 2. The second kappa shape index (κ2) is 7.74. The van der Waals surface area contributed by atoms with E-state index in [-0.39, 0.29) is 18.4 Å². The van der Waals surface area contributed by atoms with Crippen molar-refractivity contribution in [1.82, 2.24) is 9.88 Å². The van der Waals surface area contributed by atoms with Gasteiger partial charge >= 0.3 is 0 Å². The van der Waals surface area contributed by atoms with Gasteiger partial charge in [-0.2, -0.15) is 0 Å². The van der Waals surface area contributed by atoms with E-state index >= 15 is 0 Å². The molecule has 8 heteroatoms. The van der Waals surface area contributed by atoms with E-state index in [1.807, 2.05) is 38.1 Å². The standard InChI is InChI=1S/C18H22N4O3S/c1-4-19-18-20-12(2)16(26-18)17(24)21-8-9-22(15(23)11-21)13-6-5-7-14(10-13)25-3/h5-7,10H,4,8-9,11H2,1-3H3,(H,19,20). The maximum absolute atomic E-state index is 12.8. The van der Waals surface area contributed by atoms with Crippen LogP contribution in [0.15, 0.2) is 24.3 Å². The van der Waals surface area contributed by atoms with Crippen molar-refractivity contribution >= 4 is 34.0 Å². The Labute approximate surface area is 156 Å². The second-order valence-corrected chi connectivity index (χ2v) is 6.94. The molecule has 2 heterocycles. The van der Waals surface area contributed by atoms with Crippen molar-refractivity contribution in [3.63, 3.8) is 0 Å². The van der Waals surface area contributed by atoms with Crippen molar-refractivity contribution in [2.45, 2.75) is 13.8 Å². The number of anilines is 2. The van der Waals surface area contributed by atoms with Crippen LogP contribution in [-0.4, -0.2) is 55.0 Å². The summed E-state index contributed by atoms with van der Waals surface area (Å²) in [7, 11) is 1.59. The topological polar surface area (TPSA) is 74.8 Å². The molecule has 0 atom stereocenters. The molecule has 1 aromatic carbocycles. The van der Waals surface area contributed by atoms with E-state index in [0.29, 0.717) is 29.4 Å². The smallest absolute Gasteiger partial charge is 0.266 e. The number of rotatable bonds is 5. The van der Waals surface area contributed by atoms with Crippen LogP contribution < -0.4 is 15.0 Å². The predicted octanol–water partition coefficient (Wildman–Crippen LogP) is 2.38. The number of methoxy groups -OCH3 is 1. The van der Waals surface area contributed by atoms with E-state index in [2.05, 4.69) is 10.3 Å². The summed E-state index contributed by atoms with van der Waals surface area (Å²) in [5.41, 5.74) is 1.48. The molecule has 1 aromatic heterocycles. The van der Waals surface area contributed by atoms with Crippen LogP contribution in [0.5, 0.6) is 5.75 Å². The van der Waals surface area contributed by atoms with Gasteiger partial charge in [-0.05, 0) is 26.0 Å². The van der Waals surface area contributed by atoms with Gasteiger partial charge in [0.15, 0.2) is 5.13 Å². The average molecular weight is 374 g/mol. The Bertz CT molecular complexity index is 821. The molecule has 0 aliphatic carbocycles. The highest BCUT2D eigenvalue weighted by molar-refractivity contribution is 7.17. The molecule has 1 N–H and O–H groups in total. The minimum atomic E-state index is -0.136. The van der Waals surface area contributed by atoms with Crippen LogP contribution in [0.1, 0.15) is 22.3 Å². The lowest BCUT2D eigenvalue weighted by molar-refractivity contribution is -0.120. The van der Waals surface area contributed by atoms with Gasteiger partial charge in [0.25, 0.3) is 5.91 Å². The van der Waals surface area contributed by atoms with Gasteiger partial charge in [0.05, 0.1) is 12.8 Å². The Balaban J connectivity index is 1.72. The first-order valence-corrected chi connectivity index (χ1v) is 9.30. The van der Waals surface area contributed by atoms with Gasteiger partial charge in [-0.3, -0.25) is 9.59 Å². The van der Waals surface area contributed by atoms with Crippen LogP contribution in [0.4, 0.5) is 10.8 Å². The van der Waals surface area contributed by atoms with E-state index in [4.69, 9.17) is 4.74 Å². The van der Waals surface area contributed by atoms with E-state index in [1.165, 1.54) is 11.3 Å². The first kappa shape index (κ1) is 18.2. The summed E-state index contributed by atoms with van der Waals surface area (Å²) in [4.78, 5) is 33.6. The zero-order chi connectivity index (χ0) is 18.7. The summed E-state index contributed by atoms with van der Waals surface area (Å²) >= 11 is 1.33. The molecule has 7 nitrogen and oxygen atoms in total. The molecule has 0 saturated carbocycles. The van der Waals surface area contributed by atoms with Gasteiger partial charge in [-0.25, -0.2) is 4.98 Å². The van der Waals surface area contributed by atoms with Crippen LogP contribution in [0.25, 0.3) is 0 Å². The van der Waals surface area contributed by atoms with Gasteiger partial charge in [0.1, 0.15) is 17.2 Å². The van der Waals surface area contributed by atoms with Crippen LogP contribution >= 0.6 is 11.3 Å². The van der Waals surface area contributed by atoms with Crippen molar-refractivity contribution in [2.75, 3.05) is 43.5 Å². The van der Waals surface area contributed by atoms with Gasteiger partial charge in [0, 0.05) is 31.4 Å². The summed E-state index contributed by atoms with van der Waals surface area (Å²) in [6.45, 7) is 5.54. The highest BCUT2D eigenvalue weighted by Crippen LogP contribution is 2.26. The van der Waals surface area contributed by atoms with Crippen molar-refractivity contribution in [1.29, 1.82) is 0 Å². The third-order valence-electron chi connectivity index (χ3n) is 4.19. The van der Waals surface area contributed by atoms with Crippen molar-refractivity contribution in [3.05, 3.63) is 34.8 Å². The lowest BCUT2D eigenvalue weighted by Crippen LogP contribution is -2.52. The van der Waals surface area contributed by atoms with Gasteiger partial charge in [-0.15, -0.1) is 0 Å². The molecule has 1 aliphatic heterocycles. The predicted molar refractivity (Wildman–Crippen MR) is 102 cm³/mol. The van der Waals surface area contributed by atoms with Crippen LogP contribution in [0, 0.1) is 6.92 Å². The van der Waals surface area contributed by atoms with E-state index in [0.717, 1.165) is 17.4 Å². The molecule has 1 aliphatic rings. The normalized spacial score (nSPS) is 14.5. The average Bonchev–Trinajstić information content (AvgIpc) is 3.01. The number of ether oxygens (including phenoxy) is 1. The number of piperazine rings is 1. The molecule has 138 valence electrons. The first-order chi connectivity index (χ1) is 12.5. The molecule has 1 fully saturated rings. The number of amides is 2. The zero-order valence-corrected chi connectivity index (χ0v) is 15.9. The van der Waals surface area contributed by atoms with Crippen LogP contribution in [-0.2, 0) is 4.79 Å². The Morgan fingerprint density at radius 1 is 1.38 bits per heavy atom. The molecule has 0 unspecified atom stereocenters. The van der Waals surface area contributed by atoms with Crippen LogP contribution in [0.3, 0.4) is 0 Å². The van der Waals surface area contributed by atoms with E-state index in [1.54, 1.807) is 16.9 Å². The summed E-state index contributed by atoms with van der Waals surface area (Å²) < 4.78 is 5.22. The third kappa shape index (κ3) is 3.65. The molecule has 1 saturated heterocycles. The summed E-state index contributed by atoms with van der Waals surface area (Å²) in [6.07, 6.45) is 0. The summed E-state index contributed by atoms with van der Waals surface area (Å²) in [5, 5.41) is 3.86. The third-order valence-corrected chi connectivity index (χ3v) is 5.29. The molecule has 26 heavy (non-hydrogen) atoms. The number of benzene rings is 1. The van der Waals surface area contributed by atoms with Crippen molar-refractivity contribution in [3.8, 4) is 5.75 Å². The molecule has 0 radical (unpaired) electrons. The summed E-state index contributed by atoms with van der Waals surface area (Å²) in [6, 6.07) is 7.38. The number of hydrogen-bond donors (Lipinski definition) is 1. The number of aryl methyl sites for hydroxylation is 1. The molecule has 2 aromatic rings. The van der Waals surface area contributed by atoms with Crippen molar-refractivity contribution < 1.29 is 14.3 Å². The number of carbonyl (C=O) groups excluding carboxylic acids is 2. The molecule has 0 bridgehead atoms. The second-order valence-electron chi connectivity index (χ2n) is 5.94. The number of nitrogens with one attached hydrogen (secondary N) is 1. The Kier molecular flexibility index (Phi) is 5.41. The van der Waals surface area contributed by atoms with Gasteiger partial charge in [-0.1, -0.05) is 17.4 Å². The largest absolute Gasteiger partial charge is 0.497 e. The highest BCUT2D eigenvalue weighted by atomic mass is 32.1. The Morgan fingerprint density at radius 3 is 2.88 bits per heavy atom. The molecule has 2 amide bonds. The Hall–Kier alpha value is -2.61. The minimum absolute atomic E-state index is 0.0594. The SMILES string of the molecule is CCNc1nc(C)c(C(=O)N2CCN(c3cccc(OC)c3)C(=O)C2)s1. The zero-order valence-electron chi connectivity index (χ0n) is 15.1. The number of aromatic nitrogens is 1. The lowest BCUT2D eigenvalue weighted by atomic mass is 10.2. The van der Waals surface area contributed by atoms with Gasteiger partial charge in [0.2, 0.25) is 5.91 Å². The molecular formula is C18H22N4O3S. The molecular weight excluding hydrogens is 352 g/mol. The fraction of sp³-hybridized carbons (Fsp3) is 0.389. The quantitative estimate of drug-likeness (QED) is 0.870. The maximum atomic E-state index is 12.8. The number of hydrogen-bond acceptors (Lipinski definition) is 6. The molecule has 3 rings (SSSR count).